The summed E-state index contributed by atoms with van der Waals surface area (Å²) < 4.78 is 36.6. The van der Waals surface area contributed by atoms with Crippen molar-refractivity contribution >= 4 is 35.0 Å². The molecule has 6 heteroatoms. The van der Waals surface area contributed by atoms with Gasteiger partial charge < -0.3 is 0 Å². The average Bonchev–Trinajstić information content (AvgIpc) is 2.25. The number of hydrogen-bond acceptors (Lipinski definition) is 1. The molecule has 96 valence electrons. The van der Waals surface area contributed by atoms with Gasteiger partial charge in [-0.1, -0.05) is 6.07 Å². The van der Waals surface area contributed by atoms with Crippen molar-refractivity contribution in [3.63, 3.8) is 0 Å². The van der Waals surface area contributed by atoms with E-state index in [4.69, 9.17) is 23.2 Å². The molecule has 0 fully saturated rings. The first-order valence-corrected chi connectivity index (χ1v) is 6.84. The van der Waals surface area contributed by atoms with Crippen molar-refractivity contribution in [3.8, 4) is 0 Å². The molecule has 0 aromatic heterocycles. The standard InChI is InChI=1S/C11H11Cl2F3S/c12-5-1-2-8-3-4-10(6-9(8)7-13)17-11(14,15)16/h3-4,6H,1-2,5,7H2. The Kier molecular flexibility index (Phi) is 5.97. The van der Waals surface area contributed by atoms with Crippen LogP contribution in [0.3, 0.4) is 0 Å². The van der Waals surface area contributed by atoms with Crippen LogP contribution in [0.15, 0.2) is 23.1 Å². The fraction of sp³-hybridized carbons (Fsp3) is 0.455. The van der Waals surface area contributed by atoms with Crippen molar-refractivity contribution in [1.82, 2.24) is 0 Å². The fourth-order valence-corrected chi connectivity index (χ4v) is 2.41. The molecule has 0 nitrogen and oxygen atoms in total. The number of rotatable bonds is 5. The molecule has 0 N–H and O–H groups in total. The van der Waals surface area contributed by atoms with Gasteiger partial charge in [0.25, 0.3) is 0 Å². The summed E-state index contributed by atoms with van der Waals surface area (Å²) in [5, 5.41) is 0. The quantitative estimate of drug-likeness (QED) is 0.531. The van der Waals surface area contributed by atoms with E-state index in [9.17, 15) is 13.2 Å². The predicted molar refractivity (Wildman–Crippen MR) is 67.0 cm³/mol. The fourth-order valence-electron chi connectivity index (χ4n) is 1.42. The molecule has 0 unspecified atom stereocenters. The Morgan fingerprint density at radius 1 is 1.12 bits per heavy atom. The number of thioether (sulfide) groups is 1. The maximum atomic E-state index is 12.2. The van der Waals surface area contributed by atoms with Crippen LogP contribution in [0.5, 0.6) is 0 Å². The average molecular weight is 303 g/mol. The molecule has 0 spiro atoms. The first-order valence-electron chi connectivity index (χ1n) is 4.95. The summed E-state index contributed by atoms with van der Waals surface area (Å²) in [7, 11) is 0. The van der Waals surface area contributed by atoms with Gasteiger partial charge in [-0.25, -0.2) is 0 Å². The SMILES string of the molecule is FC(F)(F)Sc1ccc(CCCCl)c(CCl)c1. The molecule has 0 aliphatic rings. The lowest BCUT2D eigenvalue weighted by Crippen LogP contribution is -2.00. The third-order valence-corrected chi connectivity index (χ3v) is 3.41. The Hall–Kier alpha value is -0.0600. The zero-order valence-electron chi connectivity index (χ0n) is 8.86. The molecule has 0 atom stereocenters. The van der Waals surface area contributed by atoms with E-state index in [1.807, 2.05) is 0 Å². The summed E-state index contributed by atoms with van der Waals surface area (Å²) in [4.78, 5) is 0.169. The van der Waals surface area contributed by atoms with E-state index in [2.05, 4.69) is 0 Å². The van der Waals surface area contributed by atoms with Gasteiger partial charge in [-0.15, -0.1) is 23.2 Å². The first-order chi connectivity index (χ1) is 7.96. The molecule has 0 radical (unpaired) electrons. The van der Waals surface area contributed by atoms with Crippen molar-refractivity contribution in [3.05, 3.63) is 29.3 Å². The summed E-state index contributed by atoms with van der Waals surface area (Å²) in [5.74, 6) is 0.741. The van der Waals surface area contributed by atoms with E-state index in [-0.39, 0.29) is 22.5 Å². The van der Waals surface area contributed by atoms with Gasteiger partial charge in [-0.3, -0.25) is 0 Å². The maximum absolute atomic E-state index is 12.2. The number of benzene rings is 1. The molecule has 0 amide bonds. The minimum Gasteiger partial charge on any atom is -0.160 e. The summed E-state index contributed by atoms with van der Waals surface area (Å²) in [6.45, 7) is 0. The van der Waals surface area contributed by atoms with Gasteiger partial charge in [0.05, 0.1) is 0 Å². The normalized spacial score (nSPS) is 11.8. The van der Waals surface area contributed by atoms with E-state index in [0.717, 1.165) is 24.0 Å². The highest BCUT2D eigenvalue weighted by atomic mass is 35.5. The summed E-state index contributed by atoms with van der Waals surface area (Å²) in [6, 6.07) is 4.66. The highest BCUT2D eigenvalue weighted by Crippen LogP contribution is 2.37. The van der Waals surface area contributed by atoms with Crippen molar-refractivity contribution in [2.24, 2.45) is 0 Å². The smallest absolute Gasteiger partial charge is 0.160 e. The van der Waals surface area contributed by atoms with E-state index in [1.54, 1.807) is 6.07 Å². The van der Waals surface area contributed by atoms with Crippen molar-refractivity contribution < 1.29 is 13.2 Å². The molecule has 0 bridgehead atoms. The molecule has 1 rings (SSSR count). The monoisotopic (exact) mass is 302 g/mol. The van der Waals surface area contributed by atoms with E-state index in [0.29, 0.717) is 5.88 Å². The first kappa shape index (κ1) is 15.0. The third kappa shape index (κ3) is 5.40. The second-order valence-electron chi connectivity index (χ2n) is 3.40. The molecule has 0 saturated heterocycles. The highest BCUT2D eigenvalue weighted by molar-refractivity contribution is 8.00. The van der Waals surface area contributed by atoms with Crippen LogP contribution in [0.4, 0.5) is 13.2 Å². The van der Waals surface area contributed by atoms with Crippen LogP contribution in [-0.2, 0) is 12.3 Å². The van der Waals surface area contributed by atoms with Crippen LogP contribution in [0.1, 0.15) is 17.5 Å². The number of alkyl halides is 5. The van der Waals surface area contributed by atoms with E-state index < -0.39 is 5.51 Å². The Morgan fingerprint density at radius 2 is 1.82 bits per heavy atom. The van der Waals surface area contributed by atoms with Crippen LogP contribution >= 0.6 is 35.0 Å². The summed E-state index contributed by atoms with van der Waals surface area (Å²) >= 11 is 11.2. The van der Waals surface area contributed by atoms with E-state index >= 15 is 0 Å². The van der Waals surface area contributed by atoms with Gasteiger partial charge in [0, 0.05) is 16.7 Å². The van der Waals surface area contributed by atoms with Crippen LogP contribution in [0.25, 0.3) is 0 Å². The van der Waals surface area contributed by atoms with Crippen LogP contribution in [-0.4, -0.2) is 11.4 Å². The maximum Gasteiger partial charge on any atom is 0.446 e. The van der Waals surface area contributed by atoms with Crippen LogP contribution in [0.2, 0.25) is 0 Å². The van der Waals surface area contributed by atoms with Crippen LogP contribution < -0.4 is 0 Å². The number of halogens is 5. The minimum absolute atomic E-state index is 0.122. The van der Waals surface area contributed by atoms with E-state index in [1.165, 1.54) is 12.1 Å². The molecular weight excluding hydrogens is 292 g/mol. The van der Waals surface area contributed by atoms with Crippen LogP contribution in [0, 0.1) is 0 Å². The molecule has 17 heavy (non-hydrogen) atoms. The van der Waals surface area contributed by atoms with Gasteiger partial charge in [0.2, 0.25) is 0 Å². The van der Waals surface area contributed by atoms with Crippen molar-refractivity contribution in [1.29, 1.82) is 0 Å². The molecule has 0 saturated carbocycles. The zero-order chi connectivity index (χ0) is 12.9. The number of aryl methyl sites for hydroxylation is 1. The van der Waals surface area contributed by atoms with Crippen molar-refractivity contribution in [2.45, 2.75) is 29.1 Å². The second kappa shape index (κ2) is 6.76. The molecule has 0 aliphatic heterocycles. The lowest BCUT2D eigenvalue weighted by molar-refractivity contribution is -0.0328. The summed E-state index contributed by atoms with van der Waals surface area (Å²) in [6.07, 6.45) is 1.53. The van der Waals surface area contributed by atoms with Gasteiger partial charge in [0.1, 0.15) is 0 Å². The largest absolute Gasteiger partial charge is 0.446 e. The topological polar surface area (TPSA) is 0 Å². The predicted octanol–water partition coefficient (Wildman–Crippen LogP) is 5.21. The van der Waals surface area contributed by atoms with Gasteiger partial charge in [0.15, 0.2) is 0 Å². The van der Waals surface area contributed by atoms with Gasteiger partial charge in [-0.05, 0) is 47.9 Å². The Morgan fingerprint density at radius 3 is 2.35 bits per heavy atom. The Labute approximate surface area is 112 Å². The molecule has 1 aromatic carbocycles. The zero-order valence-corrected chi connectivity index (χ0v) is 11.2. The second-order valence-corrected chi connectivity index (χ2v) is 5.19. The van der Waals surface area contributed by atoms with Gasteiger partial charge in [-0.2, -0.15) is 13.2 Å². The Bertz CT molecular complexity index is 366. The lowest BCUT2D eigenvalue weighted by atomic mass is 10.0. The van der Waals surface area contributed by atoms with Crippen molar-refractivity contribution in [2.75, 3.05) is 5.88 Å². The molecular formula is C11H11Cl2F3S. The number of hydrogen-bond donors (Lipinski definition) is 0. The molecule has 1 aromatic rings. The molecule has 0 heterocycles. The lowest BCUT2D eigenvalue weighted by Gasteiger charge is -2.10. The van der Waals surface area contributed by atoms with Gasteiger partial charge >= 0.3 is 5.51 Å². The third-order valence-electron chi connectivity index (χ3n) is 2.14. The minimum atomic E-state index is -4.26. The Balaban J connectivity index is 2.84. The summed E-state index contributed by atoms with van der Waals surface area (Å²) in [5.41, 5.74) is -2.56. The molecule has 0 aliphatic carbocycles. The highest BCUT2D eigenvalue weighted by Gasteiger charge is 2.29.